The molecule has 6 heteroatoms. The predicted octanol–water partition coefficient (Wildman–Crippen LogP) is 2.20. The van der Waals surface area contributed by atoms with Crippen LogP contribution in [0.3, 0.4) is 0 Å². The van der Waals surface area contributed by atoms with Crippen LogP contribution in [0.5, 0.6) is 0 Å². The van der Waals surface area contributed by atoms with E-state index in [9.17, 15) is 4.79 Å². The molecule has 0 amide bonds. The molecule has 0 saturated heterocycles. The lowest BCUT2D eigenvalue weighted by atomic mass is 10.2. The summed E-state index contributed by atoms with van der Waals surface area (Å²) in [6, 6.07) is 11.2. The molecule has 0 saturated carbocycles. The first-order valence-corrected chi connectivity index (χ1v) is 6.04. The number of nitrogens with zero attached hydrogens (tertiary/aromatic N) is 3. The van der Waals surface area contributed by atoms with Gasteiger partial charge in [0.2, 0.25) is 5.95 Å². The van der Waals surface area contributed by atoms with Crippen LogP contribution in [-0.2, 0) is 11.3 Å². The van der Waals surface area contributed by atoms with Gasteiger partial charge in [0.25, 0.3) is 0 Å². The summed E-state index contributed by atoms with van der Waals surface area (Å²) in [7, 11) is 0. The fourth-order valence-corrected chi connectivity index (χ4v) is 1.87. The van der Waals surface area contributed by atoms with Crippen molar-refractivity contribution in [3.63, 3.8) is 0 Å². The molecule has 2 heterocycles. The Morgan fingerprint density at radius 2 is 2.05 bits per heavy atom. The number of benzene rings is 1. The van der Waals surface area contributed by atoms with Crippen LogP contribution in [-0.4, -0.2) is 20.6 Å². The Bertz CT molecular complexity index is 752. The predicted molar refractivity (Wildman–Crippen MR) is 74.0 cm³/mol. The van der Waals surface area contributed by atoms with Crippen LogP contribution in [0.25, 0.3) is 11.0 Å². The van der Waals surface area contributed by atoms with E-state index in [4.69, 9.17) is 10.5 Å². The van der Waals surface area contributed by atoms with Crippen LogP contribution < -0.4 is 5.73 Å². The summed E-state index contributed by atoms with van der Waals surface area (Å²) in [5, 5.41) is 0.732. The molecule has 0 aliphatic carbocycles. The molecule has 0 radical (unpaired) electrons. The highest BCUT2D eigenvalue weighted by atomic mass is 16.5. The van der Waals surface area contributed by atoms with Crippen LogP contribution in [0, 0.1) is 0 Å². The molecule has 0 spiro atoms. The Hall–Kier alpha value is -2.89. The molecule has 0 bridgehead atoms. The van der Waals surface area contributed by atoms with Crippen LogP contribution in [0.2, 0.25) is 0 Å². The second-order valence-electron chi connectivity index (χ2n) is 4.23. The molecular weight excluding hydrogens is 256 g/mol. The Balaban J connectivity index is 1.80. The van der Waals surface area contributed by atoms with Crippen molar-refractivity contribution < 1.29 is 9.53 Å². The number of ether oxygens (including phenoxy) is 1. The van der Waals surface area contributed by atoms with Crippen LogP contribution >= 0.6 is 0 Å². The van der Waals surface area contributed by atoms with E-state index >= 15 is 0 Å². The number of rotatable bonds is 2. The monoisotopic (exact) mass is 268 g/mol. The highest BCUT2D eigenvalue weighted by Gasteiger charge is 2.12. The van der Waals surface area contributed by atoms with Crippen molar-refractivity contribution in [2.45, 2.75) is 6.61 Å². The third kappa shape index (κ3) is 2.31. The van der Waals surface area contributed by atoms with E-state index in [1.54, 1.807) is 18.5 Å². The smallest absolute Gasteiger partial charge is 0.420 e. The quantitative estimate of drug-likeness (QED) is 0.770. The molecular formula is C14H12N4O2. The van der Waals surface area contributed by atoms with Gasteiger partial charge in [0, 0.05) is 17.8 Å². The minimum atomic E-state index is -0.498. The first kappa shape index (κ1) is 12.2. The molecule has 3 rings (SSSR count). The van der Waals surface area contributed by atoms with E-state index < -0.39 is 6.09 Å². The SMILES string of the molecule is Nc1ncc2ccn(C(=O)OCc3ccccc3)c2n1. The van der Waals surface area contributed by atoms with Gasteiger partial charge in [0.15, 0.2) is 5.65 Å². The van der Waals surface area contributed by atoms with Crippen LogP contribution in [0.15, 0.2) is 48.8 Å². The highest BCUT2D eigenvalue weighted by Crippen LogP contribution is 2.14. The second kappa shape index (κ2) is 5.00. The number of nitrogens with two attached hydrogens (primary N) is 1. The molecule has 1 aromatic carbocycles. The van der Waals surface area contributed by atoms with E-state index in [0.29, 0.717) is 5.65 Å². The fraction of sp³-hybridized carbons (Fsp3) is 0.0714. The Morgan fingerprint density at radius 1 is 1.25 bits per heavy atom. The molecule has 2 aromatic heterocycles. The largest absolute Gasteiger partial charge is 0.444 e. The normalized spacial score (nSPS) is 10.6. The van der Waals surface area contributed by atoms with Crippen LogP contribution in [0.4, 0.5) is 10.7 Å². The zero-order valence-corrected chi connectivity index (χ0v) is 10.6. The molecule has 0 aliphatic rings. The Morgan fingerprint density at radius 3 is 2.85 bits per heavy atom. The number of aromatic nitrogens is 3. The Kier molecular flexibility index (Phi) is 3.04. The molecule has 0 unspecified atom stereocenters. The van der Waals surface area contributed by atoms with Crippen molar-refractivity contribution in [3.8, 4) is 0 Å². The first-order valence-electron chi connectivity index (χ1n) is 6.04. The van der Waals surface area contributed by atoms with Crippen molar-refractivity contribution in [1.82, 2.24) is 14.5 Å². The minimum Gasteiger partial charge on any atom is -0.444 e. The molecule has 2 N–H and O–H groups in total. The van der Waals surface area contributed by atoms with Crippen molar-refractivity contribution in [2.75, 3.05) is 5.73 Å². The van der Waals surface area contributed by atoms with E-state index in [1.165, 1.54) is 4.57 Å². The summed E-state index contributed by atoms with van der Waals surface area (Å²) >= 11 is 0. The van der Waals surface area contributed by atoms with Crippen LogP contribution in [0.1, 0.15) is 5.56 Å². The van der Waals surface area contributed by atoms with Gasteiger partial charge in [-0.2, -0.15) is 4.98 Å². The number of carbonyl (C=O) groups excluding carboxylic acids is 1. The second-order valence-corrected chi connectivity index (χ2v) is 4.23. The molecule has 0 aliphatic heterocycles. The summed E-state index contributed by atoms with van der Waals surface area (Å²) in [5.41, 5.74) is 6.89. The number of fused-ring (bicyclic) bond motifs is 1. The first-order chi connectivity index (χ1) is 9.74. The summed E-state index contributed by atoms with van der Waals surface area (Å²) in [5.74, 6) is 0.119. The van der Waals surface area contributed by atoms with Gasteiger partial charge in [-0.1, -0.05) is 30.3 Å². The number of hydrogen-bond donors (Lipinski definition) is 1. The zero-order chi connectivity index (χ0) is 13.9. The molecule has 3 aromatic rings. The zero-order valence-electron chi connectivity index (χ0n) is 10.6. The topological polar surface area (TPSA) is 83.0 Å². The average molecular weight is 268 g/mol. The summed E-state index contributed by atoms with van der Waals surface area (Å²) in [6.45, 7) is 0.208. The third-order valence-corrected chi connectivity index (χ3v) is 2.85. The van der Waals surface area contributed by atoms with Crippen molar-refractivity contribution in [3.05, 3.63) is 54.4 Å². The average Bonchev–Trinajstić information content (AvgIpc) is 2.89. The third-order valence-electron chi connectivity index (χ3n) is 2.85. The van der Waals surface area contributed by atoms with Gasteiger partial charge < -0.3 is 10.5 Å². The van der Waals surface area contributed by atoms with E-state index in [0.717, 1.165) is 10.9 Å². The van der Waals surface area contributed by atoms with Crippen molar-refractivity contribution in [2.24, 2.45) is 0 Å². The van der Waals surface area contributed by atoms with Gasteiger partial charge in [0.1, 0.15) is 6.61 Å². The maximum atomic E-state index is 12.0. The van der Waals surface area contributed by atoms with Gasteiger partial charge in [0.05, 0.1) is 0 Å². The number of nitrogen functional groups attached to an aromatic ring is 1. The van der Waals surface area contributed by atoms with Gasteiger partial charge >= 0.3 is 6.09 Å². The Labute approximate surface area is 114 Å². The number of carbonyl (C=O) groups is 1. The van der Waals surface area contributed by atoms with Gasteiger partial charge in [-0.25, -0.2) is 14.3 Å². The maximum absolute atomic E-state index is 12.0. The summed E-state index contributed by atoms with van der Waals surface area (Å²) < 4.78 is 6.56. The highest BCUT2D eigenvalue weighted by molar-refractivity contribution is 5.86. The van der Waals surface area contributed by atoms with Crippen molar-refractivity contribution in [1.29, 1.82) is 0 Å². The van der Waals surface area contributed by atoms with Gasteiger partial charge in [-0.3, -0.25) is 0 Å². The molecule has 0 fully saturated rings. The van der Waals surface area contributed by atoms with Gasteiger partial charge in [-0.15, -0.1) is 0 Å². The minimum absolute atomic E-state index is 0.119. The lowest BCUT2D eigenvalue weighted by Crippen LogP contribution is -2.13. The van der Waals surface area contributed by atoms with E-state index in [2.05, 4.69) is 9.97 Å². The summed E-state index contributed by atoms with van der Waals surface area (Å²) in [6.07, 6.45) is 2.66. The number of hydrogen-bond acceptors (Lipinski definition) is 5. The van der Waals surface area contributed by atoms with Gasteiger partial charge in [-0.05, 0) is 11.6 Å². The molecule has 6 nitrogen and oxygen atoms in total. The standard InChI is InChI=1S/C14H12N4O2/c15-13-16-8-11-6-7-18(12(11)17-13)14(19)20-9-10-4-2-1-3-5-10/h1-8H,9H2,(H2,15,16,17). The van der Waals surface area contributed by atoms with Crippen molar-refractivity contribution >= 4 is 23.1 Å². The lowest BCUT2D eigenvalue weighted by molar-refractivity contribution is 0.142. The summed E-state index contributed by atoms with van der Waals surface area (Å²) in [4.78, 5) is 20.0. The maximum Gasteiger partial charge on any atom is 0.420 e. The van der Waals surface area contributed by atoms with E-state index in [-0.39, 0.29) is 12.6 Å². The van der Waals surface area contributed by atoms with E-state index in [1.807, 2.05) is 30.3 Å². The molecule has 100 valence electrons. The number of anilines is 1. The molecule has 0 atom stereocenters. The molecule has 20 heavy (non-hydrogen) atoms. The fourth-order valence-electron chi connectivity index (χ4n) is 1.87. The lowest BCUT2D eigenvalue weighted by Gasteiger charge is -2.06.